The van der Waals surface area contributed by atoms with Gasteiger partial charge in [-0.1, -0.05) is 0 Å². The van der Waals surface area contributed by atoms with Crippen molar-refractivity contribution in [3.05, 3.63) is 0 Å². The van der Waals surface area contributed by atoms with Gasteiger partial charge in [0, 0.05) is 5.54 Å². The van der Waals surface area contributed by atoms with Gasteiger partial charge >= 0.3 is 18.1 Å². The average Bonchev–Trinajstić information content (AvgIpc) is 2.58. The number of carboxylic acid groups (broad SMARTS) is 1. The summed E-state index contributed by atoms with van der Waals surface area (Å²) in [5.74, 6) is 1.61. The normalized spacial score (nSPS) is 47.6. The van der Waals surface area contributed by atoms with E-state index in [1.807, 2.05) is 0 Å². The molecular formula is C23H32F3NO3. The highest BCUT2D eigenvalue weighted by molar-refractivity contribution is 5.82. The molecular weight excluding hydrogens is 395 g/mol. The summed E-state index contributed by atoms with van der Waals surface area (Å²) in [5, 5.41) is 11.6. The van der Waals surface area contributed by atoms with Gasteiger partial charge in [0.2, 0.25) is 0 Å². The number of carboxylic acids is 1. The van der Waals surface area contributed by atoms with Crippen LogP contribution in [-0.2, 0) is 9.59 Å². The van der Waals surface area contributed by atoms with Crippen LogP contribution in [0.2, 0.25) is 0 Å². The molecule has 1 amide bonds. The third-order valence-corrected chi connectivity index (χ3v) is 9.17. The van der Waals surface area contributed by atoms with E-state index in [-0.39, 0.29) is 5.41 Å². The van der Waals surface area contributed by atoms with Crippen molar-refractivity contribution in [3.8, 4) is 0 Å². The zero-order chi connectivity index (χ0) is 21.3. The molecule has 0 unspecified atom stereocenters. The zero-order valence-corrected chi connectivity index (χ0v) is 17.3. The van der Waals surface area contributed by atoms with Gasteiger partial charge in [-0.15, -0.1) is 0 Å². The third kappa shape index (κ3) is 3.64. The first kappa shape index (κ1) is 20.6. The summed E-state index contributed by atoms with van der Waals surface area (Å²) in [4.78, 5) is 22.4. The van der Waals surface area contributed by atoms with Crippen LogP contribution in [0.25, 0.3) is 0 Å². The topological polar surface area (TPSA) is 66.4 Å². The summed E-state index contributed by atoms with van der Waals surface area (Å²) >= 11 is 0. The van der Waals surface area contributed by atoms with Gasteiger partial charge in [-0.3, -0.25) is 9.59 Å². The van der Waals surface area contributed by atoms with E-state index in [1.165, 1.54) is 19.3 Å². The minimum Gasteiger partial charge on any atom is -0.481 e. The van der Waals surface area contributed by atoms with Crippen LogP contribution in [0.1, 0.15) is 77.0 Å². The fourth-order valence-electron chi connectivity index (χ4n) is 8.95. The summed E-state index contributed by atoms with van der Waals surface area (Å²) in [6.07, 6.45) is 7.89. The van der Waals surface area contributed by atoms with Crippen molar-refractivity contribution >= 4 is 11.9 Å². The fraction of sp³-hybridized carbons (Fsp3) is 0.913. The van der Waals surface area contributed by atoms with Crippen LogP contribution in [0, 0.1) is 40.9 Å². The molecule has 0 aliphatic heterocycles. The molecule has 4 nitrogen and oxygen atoms in total. The highest BCUT2D eigenvalue weighted by Gasteiger charge is 2.55. The van der Waals surface area contributed by atoms with Crippen LogP contribution < -0.4 is 5.32 Å². The van der Waals surface area contributed by atoms with Crippen LogP contribution in [0.5, 0.6) is 0 Å². The lowest BCUT2D eigenvalue weighted by molar-refractivity contribution is -0.178. The van der Waals surface area contributed by atoms with Crippen molar-refractivity contribution in [1.82, 2.24) is 5.32 Å². The van der Waals surface area contributed by atoms with E-state index in [2.05, 4.69) is 5.32 Å². The number of aliphatic carboxylic acids is 1. The number of amides is 1. The van der Waals surface area contributed by atoms with Crippen molar-refractivity contribution in [3.63, 3.8) is 0 Å². The lowest BCUT2D eigenvalue weighted by Gasteiger charge is -2.56. The van der Waals surface area contributed by atoms with Crippen LogP contribution in [-0.4, -0.2) is 28.7 Å². The molecule has 7 heteroatoms. The van der Waals surface area contributed by atoms with Gasteiger partial charge in [0.05, 0.1) is 5.41 Å². The first-order valence-corrected chi connectivity index (χ1v) is 11.7. The number of halogens is 3. The van der Waals surface area contributed by atoms with Gasteiger partial charge in [-0.25, -0.2) is 0 Å². The molecule has 2 N–H and O–H groups in total. The number of hydrogen-bond donors (Lipinski definition) is 2. The standard InChI is InChI=1S/C12H16F3NO.C11H16O2/c13-12(14,15)10(17)16-11-4-7-1-8(5-11)3-9(2-7)6-11;12-10(13)11-4-7-1-8(5-11)3-9(2-7)6-11/h7-9H,1-6H2,(H,16,17);7-9H,1-6H2,(H,12,13). The number of carbonyl (C=O) groups excluding carboxylic acids is 1. The van der Waals surface area contributed by atoms with Crippen molar-refractivity contribution in [2.75, 3.05) is 0 Å². The summed E-state index contributed by atoms with van der Waals surface area (Å²) in [7, 11) is 0. The molecule has 8 fully saturated rings. The number of nitrogens with one attached hydrogen (secondary N) is 1. The Balaban J connectivity index is 0.000000133. The molecule has 8 rings (SSSR count). The Labute approximate surface area is 175 Å². The average molecular weight is 428 g/mol. The summed E-state index contributed by atoms with van der Waals surface area (Å²) in [6, 6.07) is 0. The second-order valence-electron chi connectivity index (χ2n) is 11.7. The van der Waals surface area contributed by atoms with Gasteiger partial charge in [-0.2, -0.15) is 13.2 Å². The van der Waals surface area contributed by atoms with Gasteiger partial charge in [0.1, 0.15) is 0 Å². The summed E-state index contributed by atoms with van der Waals surface area (Å²) < 4.78 is 37.0. The maximum absolute atomic E-state index is 12.3. The van der Waals surface area contributed by atoms with Gasteiger partial charge < -0.3 is 10.4 Å². The SMILES string of the molecule is O=C(NC12CC3CC(CC(C3)C1)C2)C(F)(F)F.O=C(O)C12CC3CC(CC(C3)C1)C2. The number of rotatable bonds is 2. The largest absolute Gasteiger partial charge is 0.481 e. The molecule has 8 aliphatic rings. The first-order valence-electron chi connectivity index (χ1n) is 11.7. The summed E-state index contributed by atoms with van der Waals surface area (Å²) in [5.41, 5.74) is -0.823. The van der Waals surface area contributed by atoms with E-state index in [1.54, 1.807) is 0 Å². The van der Waals surface area contributed by atoms with E-state index < -0.39 is 23.6 Å². The third-order valence-electron chi connectivity index (χ3n) is 9.17. The lowest BCUT2D eigenvalue weighted by Crippen LogP contribution is -2.61. The molecule has 8 bridgehead atoms. The number of carbonyl (C=O) groups is 2. The Hall–Kier alpha value is -1.27. The maximum atomic E-state index is 12.3. The van der Waals surface area contributed by atoms with E-state index in [0.717, 1.165) is 75.5 Å². The van der Waals surface area contributed by atoms with Crippen LogP contribution in [0.4, 0.5) is 13.2 Å². The second-order valence-corrected chi connectivity index (χ2v) is 11.7. The lowest BCUT2D eigenvalue weighted by atomic mass is 9.49. The quantitative estimate of drug-likeness (QED) is 0.657. The predicted octanol–water partition coefficient (Wildman–Crippen LogP) is 4.92. The molecule has 0 aromatic carbocycles. The smallest absolute Gasteiger partial charge is 0.471 e. The number of hydrogen-bond acceptors (Lipinski definition) is 2. The highest BCUT2D eigenvalue weighted by Crippen LogP contribution is 2.60. The van der Waals surface area contributed by atoms with Crippen LogP contribution in [0.15, 0.2) is 0 Å². The van der Waals surface area contributed by atoms with Gasteiger partial charge in [-0.05, 0) is 113 Å². The van der Waals surface area contributed by atoms with E-state index in [0.29, 0.717) is 17.8 Å². The summed E-state index contributed by atoms with van der Waals surface area (Å²) in [6.45, 7) is 0. The predicted molar refractivity (Wildman–Crippen MR) is 103 cm³/mol. The zero-order valence-electron chi connectivity index (χ0n) is 17.3. The minimum atomic E-state index is -4.75. The van der Waals surface area contributed by atoms with Gasteiger partial charge in [0.25, 0.3) is 0 Å². The molecule has 0 heterocycles. The second kappa shape index (κ2) is 6.86. The van der Waals surface area contributed by atoms with Crippen molar-refractivity contribution < 1.29 is 27.9 Å². The van der Waals surface area contributed by atoms with E-state index in [4.69, 9.17) is 0 Å². The van der Waals surface area contributed by atoms with Gasteiger partial charge in [0.15, 0.2) is 0 Å². The molecule has 8 aliphatic carbocycles. The molecule has 8 saturated carbocycles. The maximum Gasteiger partial charge on any atom is 0.471 e. The molecule has 168 valence electrons. The molecule has 0 spiro atoms. The Bertz CT molecular complexity index is 661. The number of alkyl halides is 3. The van der Waals surface area contributed by atoms with Crippen molar-refractivity contribution in [1.29, 1.82) is 0 Å². The fourth-order valence-corrected chi connectivity index (χ4v) is 8.95. The molecule has 0 aromatic rings. The van der Waals surface area contributed by atoms with E-state index >= 15 is 0 Å². The monoisotopic (exact) mass is 427 g/mol. The van der Waals surface area contributed by atoms with Crippen LogP contribution >= 0.6 is 0 Å². The Morgan fingerprint density at radius 3 is 1.33 bits per heavy atom. The molecule has 0 atom stereocenters. The van der Waals surface area contributed by atoms with Crippen molar-refractivity contribution in [2.45, 2.75) is 88.8 Å². The molecule has 0 radical (unpaired) electrons. The Morgan fingerprint density at radius 1 is 0.700 bits per heavy atom. The first-order chi connectivity index (χ1) is 14.0. The molecule has 0 aromatic heterocycles. The minimum absolute atomic E-state index is 0.283. The highest BCUT2D eigenvalue weighted by atomic mass is 19.4. The van der Waals surface area contributed by atoms with Crippen LogP contribution in [0.3, 0.4) is 0 Å². The Kier molecular flexibility index (Phi) is 4.72. The van der Waals surface area contributed by atoms with E-state index in [9.17, 15) is 27.9 Å². The molecule has 30 heavy (non-hydrogen) atoms. The molecule has 0 saturated heterocycles. The van der Waals surface area contributed by atoms with Crippen molar-refractivity contribution in [2.24, 2.45) is 40.9 Å². The Morgan fingerprint density at radius 2 is 1.03 bits per heavy atom.